The third-order valence-electron chi connectivity index (χ3n) is 5.44. The second-order valence-corrected chi connectivity index (χ2v) is 7.66. The summed E-state index contributed by atoms with van der Waals surface area (Å²) < 4.78 is 0. The Morgan fingerprint density at radius 3 is 2.66 bits per heavy atom. The van der Waals surface area contributed by atoms with Gasteiger partial charge in [-0.3, -0.25) is 24.8 Å². The third-order valence-corrected chi connectivity index (χ3v) is 5.44. The number of allylic oxidation sites excluding steroid dienone is 1. The molecule has 1 saturated heterocycles. The zero-order valence-corrected chi connectivity index (χ0v) is 17.7. The number of benzene rings is 1. The van der Waals surface area contributed by atoms with Crippen LogP contribution in [0.3, 0.4) is 0 Å². The SMILES string of the molecule is C=CCCCC(=O)NN(C)C(=O)c1cc(C2CCN(CCC)CC2)ccc1C=O. The lowest BCUT2D eigenvalue weighted by atomic mass is 9.87. The Kier molecular flexibility index (Phi) is 9.06. The van der Waals surface area contributed by atoms with Crippen molar-refractivity contribution in [2.24, 2.45) is 0 Å². The molecule has 0 saturated carbocycles. The number of hydrazine groups is 1. The Morgan fingerprint density at radius 1 is 1.31 bits per heavy atom. The molecule has 1 aromatic rings. The second-order valence-electron chi connectivity index (χ2n) is 7.66. The summed E-state index contributed by atoms with van der Waals surface area (Å²) in [4.78, 5) is 38.8. The lowest BCUT2D eigenvalue weighted by Gasteiger charge is -2.32. The predicted molar refractivity (Wildman–Crippen MR) is 115 cm³/mol. The lowest BCUT2D eigenvalue weighted by molar-refractivity contribution is -0.124. The Balaban J connectivity index is 2.07. The van der Waals surface area contributed by atoms with Crippen molar-refractivity contribution in [1.82, 2.24) is 15.3 Å². The first-order valence-electron chi connectivity index (χ1n) is 10.5. The van der Waals surface area contributed by atoms with Crippen molar-refractivity contribution in [3.8, 4) is 0 Å². The molecule has 0 radical (unpaired) electrons. The Labute approximate surface area is 173 Å². The van der Waals surface area contributed by atoms with Gasteiger partial charge in [-0.2, -0.15) is 0 Å². The summed E-state index contributed by atoms with van der Waals surface area (Å²) in [7, 11) is 1.51. The molecule has 0 aliphatic carbocycles. The molecule has 0 bridgehead atoms. The number of unbranched alkanes of at least 4 members (excludes halogenated alkanes) is 1. The molecule has 2 amide bonds. The summed E-state index contributed by atoms with van der Waals surface area (Å²) in [6.45, 7) is 9.05. The van der Waals surface area contributed by atoms with Crippen LogP contribution in [-0.4, -0.2) is 54.7 Å². The first kappa shape index (κ1) is 22.8. The van der Waals surface area contributed by atoms with Crippen LogP contribution >= 0.6 is 0 Å². The number of hydrogen-bond acceptors (Lipinski definition) is 4. The van der Waals surface area contributed by atoms with Gasteiger partial charge in [0, 0.05) is 19.0 Å². The van der Waals surface area contributed by atoms with Crippen LogP contribution in [0.1, 0.15) is 77.6 Å². The van der Waals surface area contributed by atoms with E-state index < -0.39 is 0 Å². The molecule has 158 valence electrons. The third kappa shape index (κ3) is 6.53. The molecule has 1 aliphatic rings. The number of nitrogens with one attached hydrogen (secondary N) is 1. The minimum Gasteiger partial charge on any atom is -0.303 e. The fourth-order valence-electron chi connectivity index (χ4n) is 3.80. The van der Waals surface area contributed by atoms with Crippen LogP contribution in [0, 0.1) is 0 Å². The molecular formula is C23H33N3O3. The smallest absolute Gasteiger partial charge is 0.272 e. The Hall–Kier alpha value is -2.47. The number of hydrogen-bond donors (Lipinski definition) is 1. The van der Waals surface area contributed by atoms with Crippen molar-refractivity contribution in [2.45, 2.75) is 51.4 Å². The van der Waals surface area contributed by atoms with E-state index in [2.05, 4.69) is 23.8 Å². The van der Waals surface area contributed by atoms with E-state index in [4.69, 9.17) is 0 Å². The summed E-state index contributed by atoms with van der Waals surface area (Å²) in [5, 5.41) is 1.17. The average Bonchev–Trinajstić information content (AvgIpc) is 2.73. The summed E-state index contributed by atoms with van der Waals surface area (Å²) in [6, 6.07) is 5.49. The van der Waals surface area contributed by atoms with Crippen LogP contribution in [0.25, 0.3) is 0 Å². The molecular weight excluding hydrogens is 366 g/mol. The highest BCUT2D eigenvalue weighted by atomic mass is 16.2. The Bertz CT molecular complexity index is 724. The highest BCUT2D eigenvalue weighted by Crippen LogP contribution is 2.29. The predicted octanol–water partition coefficient (Wildman–Crippen LogP) is 3.55. The molecule has 1 heterocycles. The second kappa shape index (κ2) is 11.5. The number of piperidine rings is 1. The van der Waals surface area contributed by atoms with Gasteiger partial charge in [-0.25, -0.2) is 0 Å². The summed E-state index contributed by atoms with van der Waals surface area (Å²) in [5.41, 5.74) is 4.36. The standard InChI is InChI=1S/C23H33N3O3/c1-4-6-7-8-22(28)24-25(3)23(29)21-16-19(9-10-20(21)17-27)18-11-14-26(13-5-2)15-12-18/h4,9-10,16-18H,1,5-8,11-15H2,2-3H3,(H,24,28). The summed E-state index contributed by atoms with van der Waals surface area (Å²) in [5.74, 6) is -0.224. The normalized spacial score (nSPS) is 15.0. The first-order valence-corrected chi connectivity index (χ1v) is 10.5. The molecule has 1 aromatic carbocycles. The van der Waals surface area contributed by atoms with E-state index in [1.54, 1.807) is 12.1 Å². The fraction of sp³-hybridized carbons (Fsp3) is 0.522. The van der Waals surface area contributed by atoms with Crippen LogP contribution in [0.2, 0.25) is 0 Å². The molecule has 1 aliphatic heterocycles. The van der Waals surface area contributed by atoms with E-state index in [1.165, 1.54) is 12.1 Å². The number of carbonyl (C=O) groups excluding carboxylic acids is 3. The van der Waals surface area contributed by atoms with Gasteiger partial charge in [0.2, 0.25) is 5.91 Å². The molecule has 6 heteroatoms. The monoisotopic (exact) mass is 399 g/mol. The number of likely N-dealkylation sites (tertiary alicyclic amines) is 1. The lowest BCUT2D eigenvalue weighted by Crippen LogP contribution is -2.43. The van der Waals surface area contributed by atoms with Gasteiger partial charge in [0.1, 0.15) is 0 Å². The number of aldehydes is 1. The van der Waals surface area contributed by atoms with Crippen molar-refractivity contribution < 1.29 is 14.4 Å². The quantitative estimate of drug-likeness (QED) is 0.298. The van der Waals surface area contributed by atoms with E-state index in [-0.39, 0.29) is 11.8 Å². The van der Waals surface area contributed by atoms with Crippen LogP contribution in [-0.2, 0) is 4.79 Å². The van der Waals surface area contributed by atoms with Gasteiger partial charge in [-0.15, -0.1) is 6.58 Å². The molecule has 1 fully saturated rings. The maximum atomic E-state index is 12.9. The highest BCUT2D eigenvalue weighted by molar-refractivity contribution is 6.02. The largest absolute Gasteiger partial charge is 0.303 e. The molecule has 0 unspecified atom stereocenters. The Morgan fingerprint density at radius 2 is 2.03 bits per heavy atom. The van der Waals surface area contributed by atoms with Crippen LogP contribution in [0.4, 0.5) is 0 Å². The van der Waals surface area contributed by atoms with Gasteiger partial charge in [-0.05, 0) is 69.3 Å². The maximum Gasteiger partial charge on any atom is 0.272 e. The van der Waals surface area contributed by atoms with Crippen LogP contribution < -0.4 is 5.43 Å². The number of amides is 2. The molecule has 6 nitrogen and oxygen atoms in total. The first-order chi connectivity index (χ1) is 14.0. The molecule has 0 spiro atoms. The van der Waals surface area contributed by atoms with Crippen molar-refractivity contribution in [2.75, 3.05) is 26.7 Å². The minimum atomic E-state index is -0.380. The molecule has 0 atom stereocenters. The van der Waals surface area contributed by atoms with Crippen molar-refractivity contribution in [1.29, 1.82) is 0 Å². The molecule has 0 aromatic heterocycles. The van der Waals surface area contributed by atoms with Crippen molar-refractivity contribution >= 4 is 18.1 Å². The molecule has 1 N–H and O–H groups in total. The summed E-state index contributed by atoms with van der Waals surface area (Å²) >= 11 is 0. The van der Waals surface area contributed by atoms with Gasteiger partial charge in [0.05, 0.1) is 5.56 Å². The number of rotatable bonds is 9. The minimum absolute atomic E-state index is 0.227. The number of nitrogens with zero attached hydrogens (tertiary/aromatic N) is 2. The van der Waals surface area contributed by atoms with E-state index in [0.29, 0.717) is 36.2 Å². The number of carbonyl (C=O) groups is 3. The van der Waals surface area contributed by atoms with E-state index in [1.807, 2.05) is 12.1 Å². The van der Waals surface area contributed by atoms with Gasteiger partial charge < -0.3 is 4.90 Å². The van der Waals surface area contributed by atoms with Gasteiger partial charge in [-0.1, -0.05) is 25.1 Å². The van der Waals surface area contributed by atoms with Gasteiger partial charge in [0.15, 0.2) is 6.29 Å². The van der Waals surface area contributed by atoms with Crippen LogP contribution in [0.15, 0.2) is 30.9 Å². The van der Waals surface area contributed by atoms with E-state index >= 15 is 0 Å². The summed E-state index contributed by atoms with van der Waals surface area (Å²) in [6.07, 6.45) is 7.46. The maximum absolute atomic E-state index is 12.9. The van der Waals surface area contributed by atoms with E-state index in [0.717, 1.165) is 50.9 Å². The van der Waals surface area contributed by atoms with Crippen LogP contribution in [0.5, 0.6) is 0 Å². The van der Waals surface area contributed by atoms with Gasteiger partial charge in [0.25, 0.3) is 5.91 Å². The fourth-order valence-corrected chi connectivity index (χ4v) is 3.80. The van der Waals surface area contributed by atoms with Gasteiger partial charge >= 0.3 is 0 Å². The molecule has 29 heavy (non-hydrogen) atoms. The topological polar surface area (TPSA) is 69.7 Å². The zero-order chi connectivity index (χ0) is 21.2. The zero-order valence-electron chi connectivity index (χ0n) is 17.7. The van der Waals surface area contributed by atoms with Crippen molar-refractivity contribution in [3.05, 3.63) is 47.5 Å². The van der Waals surface area contributed by atoms with E-state index in [9.17, 15) is 14.4 Å². The molecule has 2 rings (SSSR count). The highest BCUT2D eigenvalue weighted by Gasteiger charge is 2.23. The average molecular weight is 400 g/mol. The van der Waals surface area contributed by atoms with Crippen molar-refractivity contribution in [3.63, 3.8) is 0 Å².